The first-order valence-corrected chi connectivity index (χ1v) is 10.7. The number of benzene rings is 2. The molecular formula is C21H21N3O3S. The Morgan fingerprint density at radius 2 is 1.96 bits per heavy atom. The van der Waals surface area contributed by atoms with Gasteiger partial charge in [-0.2, -0.15) is 9.29 Å². The average Bonchev–Trinajstić information content (AvgIpc) is 3.37. The molecular weight excluding hydrogens is 374 g/mol. The van der Waals surface area contributed by atoms with Crippen LogP contribution in [0, 0.1) is 6.92 Å². The van der Waals surface area contributed by atoms with Crippen LogP contribution in [0.2, 0.25) is 0 Å². The van der Waals surface area contributed by atoms with Gasteiger partial charge in [-0.15, -0.1) is 0 Å². The number of aryl methyl sites for hydroxylation is 1. The number of aromatic nitrogens is 2. The van der Waals surface area contributed by atoms with Crippen molar-refractivity contribution in [2.45, 2.75) is 25.8 Å². The van der Waals surface area contributed by atoms with Crippen LogP contribution >= 0.6 is 0 Å². The van der Waals surface area contributed by atoms with Gasteiger partial charge in [-0.05, 0) is 37.5 Å². The summed E-state index contributed by atoms with van der Waals surface area (Å²) in [6, 6.07) is 16.7. The van der Waals surface area contributed by atoms with Gasteiger partial charge in [0.15, 0.2) is 0 Å². The molecule has 3 aromatic rings. The molecule has 1 atom stereocenters. The number of sulfonamides is 1. The van der Waals surface area contributed by atoms with Crippen molar-refractivity contribution >= 4 is 16.1 Å². The summed E-state index contributed by atoms with van der Waals surface area (Å²) in [7, 11) is -3.59. The summed E-state index contributed by atoms with van der Waals surface area (Å²) in [5.74, 6) is 0.813. The van der Waals surface area contributed by atoms with Crippen molar-refractivity contribution in [2.75, 3.05) is 6.54 Å². The van der Waals surface area contributed by atoms with Crippen molar-refractivity contribution in [2.24, 2.45) is 0 Å². The molecule has 28 heavy (non-hydrogen) atoms. The van der Waals surface area contributed by atoms with E-state index in [1.54, 1.807) is 6.08 Å². The van der Waals surface area contributed by atoms with Gasteiger partial charge in [0.1, 0.15) is 6.04 Å². The van der Waals surface area contributed by atoms with Gasteiger partial charge < -0.3 is 4.52 Å². The van der Waals surface area contributed by atoms with Crippen LogP contribution in [0.3, 0.4) is 0 Å². The second-order valence-electron chi connectivity index (χ2n) is 6.85. The molecule has 0 saturated carbocycles. The molecule has 144 valence electrons. The summed E-state index contributed by atoms with van der Waals surface area (Å²) in [4.78, 5) is 4.48. The molecule has 1 aromatic heterocycles. The second kappa shape index (κ2) is 7.69. The maximum absolute atomic E-state index is 12.9. The lowest BCUT2D eigenvalue weighted by molar-refractivity contribution is 0.292. The molecule has 7 heteroatoms. The monoisotopic (exact) mass is 395 g/mol. The Morgan fingerprint density at radius 1 is 1.14 bits per heavy atom. The summed E-state index contributed by atoms with van der Waals surface area (Å²) in [6.07, 6.45) is 3.02. The van der Waals surface area contributed by atoms with Crippen LogP contribution in [0.25, 0.3) is 17.5 Å². The van der Waals surface area contributed by atoms with E-state index < -0.39 is 16.1 Å². The Hall–Kier alpha value is -2.77. The number of rotatable bonds is 5. The topological polar surface area (TPSA) is 76.3 Å². The Morgan fingerprint density at radius 3 is 2.75 bits per heavy atom. The van der Waals surface area contributed by atoms with Gasteiger partial charge in [0, 0.05) is 17.5 Å². The summed E-state index contributed by atoms with van der Waals surface area (Å²) < 4.78 is 32.6. The second-order valence-corrected chi connectivity index (χ2v) is 8.62. The quantitative estimate of drug-likeness (QED) is 0.648. The zero-order valence-electron chi connectivity index (χ0n) is 15.5. The van der Waals surface area contributed by atoms with Crippen LogP contribution in [0.5, 0.6) is 0 Å². The minimum absolute atomic E-state index is 0.339. The van der Waals surface area contributed by atoms with E-state index in [9.17, 15) is 8.42 Å². The van der Waals surface area contributed by atoms with E-state index >= 15 is 0 Å². The largest absolute Gasteiger partial charge is 0.337 e. The van der Waals surface area contributed by atoms with Crippen molar-refractivity contribution in [3.05, 3.63) is 77.0 Å². The molecule has 0 spiro atoms. The van der Waals surface area contributed by atoms with Gasteiger partial charge in [0.25, 0.3) is 0 Å². The third-order valence-electron chi connectivity index (χ3n) is 4.77. The first-order chi connectivity index (χ1) is 13.5. The highest BCUT2D eigenvalue weighted by molar-refractivity contribution is 7.92. The highest BCUT2D eigenvalue weighted by Gasteiger charge is 2.37. The molecule has 0 radical (unpaired) electrons. The number of hydrogen-bond donors (Lipinski definition) is 0. The highest BCUT2D eigenvalue weighted by atomic mass is 32.2. The summed E-state index contributed by atoms with van der Waals surface area (Å²) in [6.45, 7) is 2.43. The van der Waals surface area contributed by atoms with E-state index in [0.29, 0.717) is 24.7 Å². The van der Waals surface area contributed by atoms with Gasteiger partial charge in [-0.1, -0.05) is 59.3 Å². The normalized spacial score (nSPS) is 18.1. The zero-order valence-corrected chi connectivity index (χ0v) is 16.3. The standard InChI is InChI=1S/C21H21N3O3S/c1-16-7-5-10-18(15-16)20-22-21(27-23-20)19-11-6-13-24(19)28(25,26)14-12-17-8-3-2-4-9-17/h2-5,7-10,12,14-15,19H,6,11,13H2,1H3/b14-12+/t19-/m1/s1. The molecule has 2 aromatic carbocycles. The fourth-order valence-corrected chi connectivity index (χ4v) is 4.79. The Labute approximate surface area is 164 Å². The van der Waals surface area contributed by atoms with E-state index in [2.05, 4.69) is 10.1 Å². The smallest absolute Gasteiger partial charge is 0.245 e. The van der Waals surface area contributed by atoms with E-state index in [4.69, 9.17) is 4.52 Å². The minimum atomic E-state index is -3.59. The third-order valence-corrected chi connectivity index (χ3v) is 6.34. The lowest BCUT2D eigenvalue weighted by Gasteiger charge is -2.19. The first-order valence-electron chi connectivity index (χ1n) is 9.18. The van der Waals surface area contributed by atoms with Crippen LogP contribution in [0.4, 0.5) is 0 Å². The number of nitrogens with zero attached hydrogens (tertiary/aromatic N) is 3. The summed E-state index contributed by atoms with van der Waals surface area (Å²) >= 11 is 0. The molecule has 0 amide bonds. The molecule has 6 nitrogen and oxygen atoms in total. The summed E-state index contributed by atoms with van der Waals surface area (Å²) in [5, 5.41) is 5.31. The van der Waals surface area contributed by atoms with Crippen LogP contribution in [0.1, 0.15) is 35.9 Å². The Kier molecular flexibility index (Phi) is 5.11. The van der Waals surface area contributed by atoms with Crippen molar-refractivity contribution in [3.63, 3.8) is 0 Å². The van der Waals surface area contributed by atoms with Crippen LogP contribution in [-0.4, -0.2) is 29.4 Å². The average molecular weight is 395 g/mol. The predicted octanol–water partition coefficient (Wildman–Crippen LogP) is 4.18. The molecule has 0 N–H and O–H groups in total. The van der Waals surface area contributed by atoms with E-state index in [0.717, 1.165) is 23.1 Å². The zero-order chi connectivity index (χ0) is 19.6. The van der Waals surface area contributed by atoms with Gasteiger partial charge in [-0.3, -0.25) is 0 Å². The van der Waals surface area contributed by atoms with Gasteiger partial charge in [0.2, 0.25) is 21.7 Å². The third kappa shape index (κ3) is 3.90. The minimum Gasteiger partial charge on any atom is -0.337 e. The van der Waals surface area contributed by atoms with Crippen molar-refractivity contribution in [1.82, 2.24) is 14.4 Å². The molecule has 1 fully saturated rings. The van der Waals surface area contributed by atoms with E-state index in [1.165, 1.54) is 9.71 Å². The molecule has 1 saturated heterocycles. The summed E-state index contributed by atoms with van der Waals surface area (Å²) in [5.41, 5.74) is 2.78. The van der Waals surface area contributed by atoms with E-state index in [-0.39, 0.29) is 0 Å². The maximum atomic E-state index is 12.9. The van der Waals surface area contributed by atoms with Gasteiger partial charge >= 0.3 is 0 Å². The Balaban J connectivity index is 1.58. The Bertz CT molecular complexity index is 1090. The number of hydrogen-bond acceptors (Lipinski definition) is 5. The fourth-order valence-electron chi connectivity index (χ4n) is 3.37. The van der Waals surface area contributed by atoms with Crippen molar-refractivity contribution < 1.29 is 12.9 Å². The van der Waals surface area contributed by atoms with Crippen LogP contribution < -0.4 is 0 Å². The molecule has 1 aliphatic heterocycles. The molecule has 0 unspecified atom stereocenters. The lowest BCUT2D eigenvalue weighted by Crippen LogP contribution is -2.29. The first kappa shape index (κ1) is 18.6. The van der Waals surface area contributed by atoms with E-state index in [1.807, 2.05) is 61.5 Å². The molecule has 0 bridgehead atoms. The molecule has 1 aliphatic rings. The van der Waals surface area contributed by atoms with Crippen molar-refractivity contribution in [3.8, 4) is 11.4 Å². The van der Waals surface area contributed by atoms with Crippen molar-refractivity contribution in [1.29, 1.82) is 0 Å². The lowest BCUT2D eigenvalue weighted by atomic mass is 10.1. The SMILES string of the molecule is Cc1cccc(-c2noc([C@H]3CCCN3S(=O)(=O)/C=C/c3ccccc3)n2)c1. The highest BCUT2D eigenvalue weighted by Crippen LogP contribution is 2.34. The van der Waals surface area contributed by atoms with Gasteiger partial charge in [0.05, 0.1) is 0 Å². The fraction of sp³-hybridized carbons (Fsp3) is 0.238. The van der Waals surface area contributed by atoms with Gasteiger partial charge in [-0.25, -0.2) is 8.42 Å². The predicted molar refractivity (Wildman–Crippen MR) is 108 cm³/mol. The van der Waals surface area contributed by atoms with Crippen LogP contribution in [0.15, 0.2) is 64.5 Å². The maximum Gasteiger partial charge on any atom is 0.245 e. The molecule has 0 aliphatic carbocycles. The van der Waals surface area contributed by atoms with Crippen LogP contribution in [-0.2, 0) is 10.0 Å². The molecule has 2 heterocycles. The molecule has 4 rings (SSSR count).